The second-order valence-corrected chi connectivity index (χ2v) is 7.26. The molecule has 0 unspecified atom stereocenters. The van der Waals surface area contributed by atoms with Crippen LogP contribution in [0.4, 0.5) is 0 Å². The summed E-state index contributed by atoms with van der Waals surface area (Å²) in [5.41, 5.74) is 2.04. The molecule has 0 spiro atoms. The summed E-state index contributed by atoms with van der Waals surface area (Å²) in [5, 5.41) is 4.32. The van der Waals surface area contributed by atoms with Crippen LogP contribution in [0.2, 0.25) is 0 Å². The maximum Gasteiger partial charge on any atom is 0.227 e. The Bertz CT molecular complexity index is 740. The van der Waals surface area contributed by atoms with Crippen LogP contribution in [0.1, 0.15) is 32.3 Å². The largest absolute Gasteiger partial charge is 0.497 e. The number of nitrogens with zero attached hydrogens (tertiary/aromatic N) is 1. The number of benzene rings is 1. The monoisotopic (exact) mass is 343 g/mol. The average Bonchev–Trinajstić information content (AvgIpc) is 3.03. The Morgan fingerprint density at radius 1 is 1.44 bits per heavy atom. The molecular weight excluding hydrogens is 314 g/mol. The van der Waals surface area contributed by atoms with Gasteiger partial charge in [-0.05, 0) is 63.0 Å². The van der Waals surface area contributed by atoms with Crippen LogP contribution in [0.15, 0.2) is 24.4 Å². The van der Waals surface area contributed by atoms with Gasteiger partial charge >= 0.3 is 0 Å². The summed E-state index contributed by atoms with van der Waals surface area (Å²) in [5.74, 6) is 1.04. The lowest BCUT2D eigenvalue weighted by Crippen LogP contribution is -2.50. The normalized spacial score (nSPS) is 21.4. The van der Waals surface area contributed by atoms with Gasteiger partial charge in [0, 0.05) is 30.2 Å². The van der Waals surface area contributed by atoms with Crippen LogP contribution in [-0.4, -0.2) is 49.1 Å². The fourth-order valence-electron chi connectivity index (χ4n) is 3.82. The number of fused-ring (bicyclic) bond motifs is 1. The third-order valence-corrected chi connectivity index (χ3v) is 5.43. The van der Waals surface area contributed by atoms with E-state index in [2.05, 4.69) is 29.0 Å². The Kier molecular flexibility index (Phi) is 5.33. The Morgan fingerprint density at radius 2 is 2.28 bits per heavy atom. The zero-order chi connectivity index (χ0) is 17.9. The number of piperidine rings is 1. The van der Waals surface area contributed by atoms with Crippen molar-refractivity contribution >= 4 is 16.8 Å². The molecule has 1 fully saturated rings. The van der Waals surface area contributed by atoms with Crippen molar-refractivity contribution < 1.29 is 9.53 Å². The SMILES string of the molecule is CCN1CCC[C@](C)(C(=O)NCCc2c[nH]c3ccc(OC)cc23)C1. The van der Waals surface area contributed by atoms with E-state index in [1.54, 1.807) is 7.11 Å². The fourth-order valence-corrected chi connectivity index (χ4v) is 3.82. The van der Waals surface area contributed by atoms with E-state index < -0.39 is 0 Å². The molecule has 1 aromatic heterocycles. The number of carbonyl (C=O) groups is 1. The van der Waals surface area contributed by atoms with Gasteiger partial charge in [-0.1, -0.05) is 6.92 Å². The third kappa shape index (κ3) is 3.82. The number of hydrogen-bond acceptors (Lipinski definition) is 3. The molecule has 1 atom stereocenters. The highest BCUT2D eigenvalue weighted by Crippen LogP contribution is 2.29. The molecule has 1 aromatic carbocycles. The minimum absolute atomic E-state index is 0.183. The van der Waals surface area contributed by atoms with Crippen molar-refractivity contribution in [3.63, 3.8) is 0 Å². The minimum Gasteiger partial charge on any atom is -0.497 e. The number of nitrogens with one attached hydrogen (secondary N) is 2. The molecule has 3 rings (SSSR count). The van der Waals surface area contributed by atoms with E-state index in [4.69, 9.17) is 4.74 Å². The number of methoxy groups -OCH3 is 1. The van der Waals surface area contributed by atoms with Crippen LogP contribution < -0.4 is 10.1 Å². The molecule has 1 saturated heterocycles. The number of aromatic nitrogens is 1. The molecule has 2 aromatic rings. The van der Waals surface area contributed by atoms with E-state index in [0.29, 0.717) is 6.54 Å². The molecule has 0 aliphatic carbocycles. The van der Waals surface area contributed by atoms with Gasteiger partial charge in [0.2, 0.25) is 5.91 Å². The van der Waals surface area contributed by atoms with Gasteiger partial charge < -0.3 is 19.9 Å². The lowest BCUT2D eigenvalue weighted by molar-refractivity contribution is -0.133. The first-order valence-corrected chi connectivity index (χ1v) is 9.20. The molecule has 0 bridgehead atoms. The Labute approximate surface area is 149 Å². The summed E-state index contributed by atoms with van der Waals surface area (Å²) in [6.45, 7) is 7.90. The first-order chi connectivity index (χ1) is 12.1. The van der Waals surface area contributed by atoms with E-state index in [9.17, 15) is 4.79 Å². The summed E-state index contributed by atoms with van der Waals surface area (Å²) >= 11 is 0. The first kappa shape index (κ1) is 17.8. The molecule has 25 heavy (non-hydrogen) atoms. The number of hydrogen-bond donors (Lipinski definition) is 2. The van der Waals surface area contributed by atoms with E-state index in [1.165, 1.54) is 5.56 Å². The number of likely N-dealkylation sites (tertiary alicyclic amines) is 1. The van der Waals surface area contributed by atoms with Crippen molar-refractivity contribution in [3.05, 3.63) is 30.0 Å². The molecule has 5 heteroatoms. The maximum absolute atomic E-state index is 12.7. The van der Waals surface area contributed by atoms with Crippen LogP contribution in [0.25, 0.3) is 10.9 Å². The summed E-state index contributed by atoms with van der Waals surface area (Å²) in [6, 6.07) is 6.02. The zero-order valence-electron chi connectivity index (χ0n) is 15.5. The summed E-state index contributed by atoms with van der Waals surface area (Å²) in [7, 11) is 1.68. The van der Waals surface area contributed by atoms with E-state index in [1.807, 2.05) is 24.4 Å². The van der Waals surface area contributed by atoms with Crippen molar-refractivity contribution in [1.82, 2.24) is 15.2 Å². The zero-order valence-corrected chi connectivity index (χ0v) is 15.5. The fraction of sp³-hybridized carbons (Fsp3) is 0.550. The van der Waals surface area contributed by atoms with Gasteiger partial charge in [-0.3, -0.25) is 4.79 Å². The molecular formula is C20H29N3O2. The molecule has 1 aliphatic rings. The lowest BCUT2D eigenvalue weighted by Gasteiger charge is -2.38. The van der Waals surface area contributed by atoms with Crippen molar-refractivity contribution in [3.8, 4) is 5.75 Å². The number of carbonyl (C=O) groups excluding carboxylic acids is 1. The number of H-pyrrole nitrogens is 1. The second-order valence-electron chi connectivity index (χ2n) is 7.26. The third-order valence-electron chi connectivity index (χ3n) is 5.43. The highest BCUT2D eigenvalue weighted by molar-refractivity contribution is 5.85. The van der Waals surface area contributed by atoms with Crippen molar-refractivity contribution in [2.75, 3.05) is 33.3 Å². The second kappa shape index (κ2) is 7.48. The predicted octanol–water partition coefficient (Wildman–Crippen LogP) is 2.96. The van der Waals surface area contributed by atoms with Crippen molar-refractivity contribution in [1.29, 1.82) is 0 Å². The van der Waals surface area contributed by atoms with Gasteiger partial charge in [-0.25, -0.2) is 0 Å². The highest BCUT2D eigenvalue weighted by Gasteiger charge is 2.37. The summed E-state index contributed by atoms with van der Waals surface area (Å²) < 4.78 is 5.31. The number of amides is 1. The van der Waals surface area contributed by atoms with Gasteiger partial charge in [0.25, 0.3) is 0 Å². The molecule has 1 aliphatic heterocycles. The maximum atomic E-state index is 12.7. The topological polar surface area (TPSA) is 57.4 Å². The standard InChI is InChI=1S/C20H29N3O2/c1-4-23-11-5-9-20(2,14-23)19(24)21-10-8-15-13-22-18-7-6-16(25-3)12-17(15)18/h6-7,12-13,22H,4-5,8-11,14H2,1-3H3,(H,21,24)/t20-/m0/s1. The van der Waals surface area contributed by atoms with Gasteiger partial charge in [-0.2, -0.15) is 0 Å². The molecule has 2 N–H and O–H groups in total. The number of aromatic amines is 1. The highest BCUT2D eigenvalue weighted by atomic mass is 16.5. The minimum atomic E-state index is -0.266. The quantitative estimate of drug-likeness (QED) is 0.848. The first-order valence-electron chi connectivity index (χ1n) is 9.20. The van der Waals surface area contributed by atoms with Crippen LogP contribution in [-0.2, 0) is 11.2 Å². The van der Waals surface area contributed by atoms with E-state index in [-0.39, 0.29) is 11.3 Å². The van der Waals surface area contributed by atoms with Gasteiger partial charge in [0.15, 0.2) is 0 Å². The molecule has 136 valence electrons. The summed E-state index contributed by atoms with van der Waals surface area (Å²) in [4.78, 5) is 18.4. The Balaban J connectivity index is 1.60. The Hall–Kier alpha value is -2.01. The van der Waals surface area contributed by atoms with Gasteiger partial charge in [0.1, 0.15) is 5.75 Å². The van der Waals surface area contributed by atoms with E-state index >= 15 is 0 Å². The molecule has 0 radical (unpaired) electrons. The van der Waals surface area contributed by atoms with Crippen LogP contribution in [0.5, 0.6) is 5.75 Å². The molecule has 0 saturated carbocycles. The number of rotatable bonds is 6. The van der Waals surface area contributed by atoms with E-state index in [0.717, 1.165) is 55.5 Å². The lowest BCUT2D eigenvalue weighted by atomic mass is 9.81. The van der Waals surface area contributed by atoms with Crippen molar-refractivity contribution in [2.45, 2.75) is 33.1 Å². The van der Waals surface area contributed by atoms with Crippen LogP contribution in [0, 0.1) is 5.41 Å². The molecule has 5 nitrogen and oxygen atoms in total. The predicted molar refractivity (Wildman–Crippen MR) is 101 cm³/mol. The van der Waals surface area contributed by atoms with Crippen molar-refractivity contribution in [2.24, 2.45) is 5.41 Å². The molecule has 1 amide bonds. The van der Waals surface area contributed by atoms with Gasteiger partial charge in [-0.15, -0.1) is 0 Å². The smallest absolute Gasteiger partial charge is 0.227 e. The summed E-state index contributed by atoms with van der Waals surface area (Å²) in [6.07, 6.45) is 4.91. The van der Waals surface area contributed by atoms with Crippen LogP contribution in [0.3, 0.4) is 0 Å². The number of ether oxygens (including phenoxy) is 1. The Morgan fingerprint density at radius 3 is 3.04 bits per heavy atom. The molecule has 2 heterocycles. The van der Waals surface area contributed by atoms with Gasteiger partial charge in [0.05, 0.1) is 12.5 Å². The van der Waals surface area contributed by atoms with Crippen LogP contribution >= 0.6 is 0 Å². The average molecular weight is 343 g/mol.